The molecule has 1 aromatic heterocycles. The van der Waals surface area contributed by atoms with Gasteiger partial charge in [-0.3, -0.25) is 24.1 Å². The van der Waals surface area contributed by atoms with E-state index in [1.165, 1.54) is 0 Å². The van der Waals surface area contributed by atoms with Crippen LogP contribution in [0, 0.1) is 0 Å². The molecule has 1 fully saturated rings. The lowest BCUT2D eigenvalue weighted by Crippen LogP contribution is -2.42. The number of nitrogens with zero attached hydrogens (tertiary/aromatic N) is 3. The first-order chi connectivity index (χ1) is 17.4. The van der Waals surface area contributed by atoms with E-state index in [9.17, 15) is 9.59 Å². The van der Waals surface area contributed by atoms with Crippen molar-refractivity contribution < 1.29 is 29.4 Å². The summed E-state index contributed by atoms with van der Waals surface area (Å²) in [6.45, 7) is 1.61. The number of carbonyl (C=O) groups is 4. The molecule has 2 atom stereocenters. The van der Waals surface area contributed by atoms with Crippen molar-refractivity contribution in [3.8, 4) is 0 Å². The van der Waals surface area contributed by atoms with Crippen molar-refractivity contribution in [2.24, 2.45) is 0 Å². The lowest BCUT2D eigenvalue weighted by Gasteiger charge is -2.25. The predicted molar refractivity (Wildman–Crippen MR) is 135 cm³/mol. The van der Waals surface area contributed by atoms with Crippen molar-refractivity contribution in [2.75, 3.05) is 20.1 Å². The number of likely N-dealkylation sites (N-methyl/N-ethyl adjacent to an activating group) is 1. The molecule has 0 spiro atoms. The van der Waals surface area contributed by atoms with E-state index in [4.69, 9.17) is 19.8 Å². The highest BCUT2D eigenvalue weighted by molar-refractivity contribution is 5.91. The molecule has 11 heteroatoms. The third kappa shape index (κ3) is 12.5. The molecule has 1 aromatic carbocycles. The van der Waals surface area contributed by atoms with Crippen LogP contribution < -0.4 is 10.6 Å². The number of rotatable bonds is 10. The molecule has 196 valence electrons. The number of imidazole rings is 1. The van der Waals surface area contributed by atoms with Gasteiger partial charge in [-0.25, -0.2) is 4.98 Å². The zero-order chi connectivity index (χ0) is 26.6. The van der Waals surface area contributed by atoms with Crippen LogP contribution in [0.15, 0.2) is 55.1 Å². The lowest BCUT2D eigenvalue weighted by molar-refractivity contribution is -0.123. The second kappa shape index (κ2) is 18.4. The molecule has 2 amide bonds. The topological polar surface area (TPSA) is 154 Å². The van der Waals surface area contributed by atoms with Gasteiger partial charge in [-0.15, -0.1) is 0 Å². The minimum atomic E-state index is -0.250. The smallest absolute Gasteiger partial charge is 0.290 e. The molecule has 0 saturated carbocycles. The molecule has 1 saturated heterocycles. The van der Waals surface area contributed by atoms with Gasteiger partial charge < -0.3 is 25.4 Å². The van der Waals surface area contributed by atoms with Gasteiger partial charge >= 0.3 is 0 Å². The number of aryl methyl sites for hydroxylation is 1. The summed E-state index contributed by atoms with van der Waals surface area (Å²) in [4.78, 5) is 47.3. The summed E-state index contributed by atoms with van der Waals surface area (Å²) in [7, 11) is 2.04. The second-order valence-electron chi connectivity index (χ2n) is 7.96. The van der Waals surface area contributed by atoms with Gasteiger partial charge in [0, 0.05) is 56.6 Å². The molecule has 3 rings (SSSR count). The van der Waals surface area contributed by atoms with Crippen LogP contribution in [0.1, 0.15) is 31.2 Å². The van der Waals surface area contributed by atoms with E-state index in [2.05, 4.69) is 20.5 Å². The highest BCUT2D eigenvalue weighted by Gasteiger charge is 2.31. The average molecular weight is 502 g/mol. The lowest BCUT2D eigenvalue weighted by atomic mass is 10.1. The number of likely N-dealkylation sites (tertiary alicyclic amines) is 1. The fourth-order valence-electron chi connectivity index (χ4n) is 3.79. The number of nitrogens with one attached hydrogen (secondary N) is 2. The van der Waals surface area contributed by atoms with E-state index in [0.717, 1.165) is 31.4 Å². The van der Waals surface area contributed by atoms with E-state index >= 15 is 0 Å². The maximum atomic E-state index is 12.3. The average Bonchev–Trinajstić information content (AvgIpc) is 3.51. The predicted octanol–water partition coefficient (Wildman–Crippen LogP) is 1.47. The Balaban J connectivity index is 0.000000982. The Morgan fingerprint density at radius 2 is 1.75 bits per heavy atom. The summed E-state index contributed by atoms with van der Waals surface area (Å²) in [6, 6.07) is 10.2. The summed E-state index contributed by atoms with van der Waals surface area (Å²) < 4.78 is 2.00. The zero-order valence-electron chi connectivity index (χ0n) is 20.4. The number of aromatic nitrogens is 2. The van der Waals surface area contributed by atoms with Gasteiger partial charge in [0.05, 0.1) is 6.33 Å². The van der Waals surface area contributed by atoms with Crippen LogP contribution in [-0.4, -0.2) is 81.6 Å². The highest BCUT2D eigenvalue weighted by atomic mass is 16.3. The van der Waals surface area contributed by atoms with Crippen LogP contribution >= 0.6 is 0 Å². The first-order valence-corrected chi connectivity index (χ1v) is 11.6. The largest absolute Gasteiger partial charge is 0.483 e. The molecule has 11 nitrogen and oxygen atoms in total. The Morgan fingerprint density at radius 1 is 1.08 bits per heavy atom. The minimum absolute atomic E-state index is 0.0907. The van der Waals surface area contributed by atoms with Gasteiger partial charge in [0.15, 0.2) is 0 Å². The molecular weight excluding hydrogens is 466 g/mol. The Hall–Kier alpha value is -3.99. The summed E-state index contributed by atoms with van der Waals surface area (Å²) >= 11 is 0. The Morgan fingerprint density at radius 3 is 2.39 bits per heavy atom. The Bertz CT molecular complexity index is 914. The van der Waals surface area contributed by atoms with Gasteiger partial charge in [-0.05, 0) is 37.9 Å². The highest BCUT2D eigenvalue weighted by Crippen LogP contribution is 2.24. The van der Waals surface area contributed by atoms with E-state index in [1.807, 2.05) is 54.2 Å². The number of carbonyl (C=O) groups excluding carboxylic acids is 2. The molecule has 1 aliphatic rings. The molecule has 0 bridgehead atoms. The van der Waals surface area contributed by atoms with Gasteiger partial charge in [-0.1, -0.05) is 30.3 Å². The minimum Gasteiger partial charge on any atom is -0.483 e. The van der Waals surface area contributed by atoms with Crippen LogP contribution in [0.25, 0.3) is 6.08 Å². The molecule has 4 N–H and O–H groups in total. The van der Waals surface area contributed by atoms with Crippen LogP contribution in [0.5, 0.6) is 0 Å². The summed E-state index contributed by atoms with van der Waals surface area (Å²) in [5.41, 5.74) is 1.00. The maximum Gasteiger partial charge on any atom is 0.290 e. The van der Waals surface area contributed by atoms with Crippen molar-refractivity contribution in [1.82, 2.24) is 25.1 Å². The number of benzene rings is 1. The van der Waals surface area contributed by atoms with Gasteiger partial charge in [0.25, 0.3) is 12.9 Å². The Kier molecular flexibility index (Phi) is 15.3. The zero-order valence-corrected chi connectivity index (χ0v) is 20.4. The summed E-state index contributed by atoms with van der Waals surface area (Å²) in [5, 5.41) is 19.8. The van der Waals surface area contributed by atoms with Gasteiger partial charge in [0.1, 0.15) is 0 Å². The monoisotopic (exact) mass is 501 g/mol. The second-order valence-corrected chi connectivity index (χ2v) is 7.96. The summed E-state index contributed by atoms with van der Waals surface area (Å²) in [6.07, 6.45) is 12.2. The molecule has 0 aliphatic carbocycles. The molecule has 2 heterocycles. The molecule has 1 aliphatic heterocycles. The number of hydrogen-bond acceptors (Lipinski definition) is 6. The van der Waals surface area contributed by atoms with Gasteiger partial charge in [-0.2, -0.15) is 0 Å². The van der Waals surface area contributed by atoms with Crippen molar-refractivity contribution >= 4 is 30.8 Å². The van der Waals surface area contributed by atoms with Crippen LogP contribution in [0.3, 0.4) is 0 Å². The van der Waals surface area contributed by atoms with Crippen LogP contribution in [0.2, 0.25) is 0 Å². The van der Waals surface area contributed by atoms with E-state index in [0.29, 0.717) is 19.5 Å². The third-order valence-electron chi connectivity index (χ3n) is 5.62. The van der Waals surface area contributed by atoms with Crippen LogP contribution in [-0.2, 0) is 25.7 Å². The number of amides is 2. The van der Waals surface area contributed by atoms with Crippen molar-refractivity contribution in [3.63, 3.8) is 0 Å². The van der Waals surface area contributed by atoms with Crippen LogP contribution in [0.4, 0.5) is 0 Å². The Labute approximate surface area is 210 Å². The SMILES string of the molecule is CN1[C@@H](CC(=O)NCCCn2ccnc2)CC[C@H]1CNC(=O)/C=C/c1ccccc1.O=CO.O=CO. The summed E-state index contributed by atoms with van der Waals surface area (Å²) in [5.74, 6) is -0.000649. The molecule has 2 aromatic rings. The number of hydrogen-bond donors (Lipinski definition) is 4. The first kappa shape index (κ1) is 30.0. The fourth-order valence-corrected chi connectivity index (χ4v) is 3.79. The third-order valence-corrected chi connectivity index (χ3v) is 5.62. The quantitative estimate of drug-likeness (QED) is 0.217. The molecule has 36 heavy (non-hydrogen) atoms. The van der Waals surface area contributed by atoms with E-state index in [-0.39, 0.29) is 36.8 Å². The molecule has 0 unspecified atom stereocenters. The van der Waals surface area contributed by atoms with Crippen molar-refractivity contribution in [2.45, 2.75) is 44.3 Å². The van der Waals surface area contributed by atoms with E-state index in [1.54, 1.807) is 18.6 Å². The molecular formula is C25H35N5O6. The standard InChI is InChI=1S/C23H31N5O2.2CH2O2/c1-27-20(16-23(30)25-12-5-14-28-15-13-24-18-28)9-10-21(27)17-26-22(29)11-8-19-6-3-2-4-7-19;2*2-1-3/h2-4,6-8,11,13,15,18,20-21H,5,9-10,12,14,16-17H2,1H3,(H,25,30)(H,26,29);2*1H,(H,2,3)/b11-8+;;/t20-,21+;;/m1../s1. The first-order valence-electron chi connectivity index (χ1n) is 11.6. The normalized spacial score (nSPS) is 16.7. The van der Waals surface area contributed by atoms with Crippen molar-refractivity contribution in [3.05, 3.63) is 60.7 Å². The number of carboxylic acid groups (broad SMARTS) is 2. The fraction of sp³-hybridized carbons (Fsp3) is 0.400. The van der Waals surface area contributed by atoms with Gasteiger partial charge in [0.2, 0.25) is 11.8 Å². The maximum absolute atomic E-state index is 12.3. The molecule has 0 radical (unpaired) electrons. The van der Waals surface area contributed by atoms with E-state index < -0.39 is 0 Å². The van der Waals surface area contributed by atoms with Crippen molar-refractivity contribution in [1.29, 1.82) is 0 Å².